The van der Waals surface area contributed by atoms with E-state index in [0.717, 1.165) is 42.0 Å². The van der Waals surface area contributed by atoms with E-state index in [-0.39, 0.29) is 11.7 Å². The molecule has 0 atom stereocenters. The molecule has 1 N–H and O–H groups in total. The zero-order chi connectivity index (χ0) is 29.3. The van der Waals surface area contributed by atoms with Gasteiger partial charge >= 0.3 is 17.9 Å². The summed E-state index contributed by atoms with van der Waals surface area (Å²) in [6, 6.07) is 15.1. The van der Waals surface area contributed by atoms with Gasteiger partial charge in [0, 0.05) is 54.7 Å². The first kappa shape index (κ1) is 28.5. The van der Waals surface area contributed by atoms with E-state index in [0.29, 0.717) is 35.9 Å². The van der Waals surface area contributed by atoms with Crippen molar-refractivity contribution in [2.45, 2.75) is 32.1 Å². The number of carboxylic acids is 1. The molecule has 1 saturated heterocycles. The zero-order valence-electron chi connectivity index (χ0n) is 21.7. The van der Waals surface area contributed by atoms with E-state index in [1.165, 1.54) is 12.8 Å². The monoisotopic (exact) mass is 590 g/mol. The number of aliphatic carboxylic acids is 1. The summed E-state index contributed by atoms with van der Waals surface area (Å²) in [5.41, 5.74) is 4.66. The fraction of sp³-hybridized carbons (Fsp3) is 0.321. The molecule has 0 spiro atoms. The van der Waals surface area contributed by atoms with E-state index in [4.69, 9.17) is 25.9 Å². The molecule has 4 aromatic rings. The Labute approximate surface area is 236 Å². The highest BCUT2D eigenvalue weighted by Crippen LogP contribution is 2.30. The number of amides is 1. The summed E-state index contributed by atoms with van der Waals surface area (Å²) in [6.07, 6.45) is -0.631. The number of carbonyl (C=O) groups is 2. The minimum absolute atomic E-state index is 0.0679. The van der Waals surface area contributed by atoms with Gasteiger partial charge in [0.2, 0.25) is 0 Å². The number of halogens is 4. The molecule has 0 bridgehead atoms. The van der Waals surface area contributed by atoms with Gasteiger partial charge in [-0.2, -0.15) is 13.2 Å². The molecule has 216 valence electrons. The first-order valence-corrected chi connectivity index (χ1v) is 13.3. The summed E-state index contributed by atoms with van der Waals surface area (Å²) in [4.78, 5) is 38.9. The number of carboxylic acid groups (broad SMARTS) is 1. The van der Waals surface area contributed by atoms with Crippen LogP contribution in [0.25, 0.3) is 22.2 Å². The summed E-state index contributed by atoms with van der Waals surface area (Å²) in [5.74, 6) is -3.17. The Hall–Kier alpha value is -4.03. The van der Waals surface area contributed by atoms with Crippen molar-refractivity contribution in [3.8, 4) is 11.1 Å². The van der Waals surface area contributed by atoms with Crippen LogP contribution in [0, 0.1) is 0 Å². The number of hydrogen-bond acceptors (Lipinski definition) is 5. The molecule has 0 saturated carbocycles. The van der Waals surface area contributed by atoms with Crippen molar-refractivity contribution in [1.82, 2.24) is 14.0 Å². The third kappa shape index (κ3) is 6.18. The second-order valence-electron chi connectivity index (χ2n) is 9.79. The molecule has 2 aromatic heterocycles. The van der Waals surface area contributed by atoms with Crippen LogP contribution in [-0.2, 0) is 17.9 Å². The summed E-state index contributed by atoms with van der Waals surface area (Å²) >= 11 is 6.01. The smallest absolute Gasteiger partial charge is 0.475 e. The molecule has 2 aromatic carbocycles. The van der Waals surface area contributed by atoms with Crippen molar-refractivity contribution in [3.63, 3.8) is 0 Å². The Morgan fingerprint density at radius 1 is 0.927 bits per heavy atom. The molecule has 0 aliphatic carbocycles. The third-order valence-corrected chi connectivity index (χ3v) is 7.40. The van der Waals surface area contributed by atoms with Crippen LogP contribution in [-0.4, -0.2) is 63.4 Å². The standard InChI is InChI=1S/C26H25ClN4O3.C2HF3O2/c27-20-5-3-18(4-6-20)19-15-23-25(32)30(14-12-29(23)17-19)21-7-8-22-24(16-21)34-26(33)31(22)13-11-28-9-1-2-10-28;3-2(4,5)1(6)7/h3-8,15-17H,1-2,9-14H2;(H,6,7). The molecule has 1 amide bonds. The van der Waals surface area contributed by atoms with E-state index >= 15 is 0 Å². The lowest BCUT2D eigenvalue weighted by Gasteiger charge is -2.28. The number of anilines is 1. The first-order chi connectivity index (χ1) is 19.5. The maximum absolute atomic E-state index is 13.4. The van der Waals surface area contributed by atoms with Crippen molar-refractivity contribution in [3.05, 3.63) is 76.0 Å². The number of aromatic nitrogens is 2. The molecule has 13 heteroatoms. The molecule has 2 aliphatic rings. The lowest BCUT2D eigenvalue weighted by Crippen LogP contribution is -2.39. The van der Waals surface area contributed by atoms with E-state index < -0.39 is 12.1 Å². The fourth-order valence-corrected chi connectivity index (χ4v) is 5.18. The van der Waals surface area contributed by atoms with Gasteiger partial charge in [-0.1, -0.05) is 23.7 Å². The van der Waals surface area contributed by atoms with Crippen LogP contribution in [0.2, 0.25) is 5.02 Å². The lowest BCUT2D eigenvalue weighted by atomic mass is 10.1. The average molecular weight is 591 g/mol. The normalized spacial score (nSPS) is 15.6. The second-order valence-corrected chi connectivity index (χ2v) is 10.2. The van der Waals surface area contributed by atoms with Crippen molar-refractivity contribution in [2.24, 2.45) is 0 Å². The Bertz CT molecular complexity index is 1640. The number of nitrogens with zero attached hydrogens (tertiary/aromatic N) is 4. The number of rotatable bonds is 5. The van der Waals surface area contributed by atoms with Gasteiger partial charge in [-0.3, -0.25) is 9.36 Å². The van der Waals surface area contributed by atoms with Gasteiger partial charge in [0.1, 0.15) is 5.69 Å². The number of alkyl halides is 3. The lowest BCUT2D eigenvalue weighted by molar-refractivity contribution is -0.192. The van der Waals surface area contributed by atoms with Crippen molar-refractivity contribution in [2.75, 3.05) is 31.1 Å². The molecular formula is C28H26ClF3N4O5. The molecule has 1 fully saturated rings. The van der Waals surface area contributed by atoms with E-state index in [1.807, 2.05) is 53.2 Å². The maximum atomic E-state index is 13.4. The number of oxazole rings is 1. The predicted molar refractivity (Wildman–Crippen MR) is 146 cm³/mol. The zero-order valence-corrected chi connectivity index (χ0v) is 22.5. The van der Waals surface area contributed by atoms with Gasteiger partial charge in [0.25, 0.3) is 5.91 Å². The summed E-state index contributed by atoms with van der Waals surface area (Å²) in [5, 5.41) is 7.81. The number of carbonyl (C=O) groups excluding carboxylic acids is 1. The van der Waals surface area contributed by atoms with Gasteiger partial charge < -0.3 is 23.9 Å². The Morgan fingerprint density at radius 3 is 2.27 bits per heavy atom. The molecular weight excluding hydrogens is 565 g/mol. The Kier molecular flexibility index (Phi) is 7.96. The van der Waals surface area contributed by atoms with E-state index in [1.54, 1.807) is 15.5 Å². The highest BCUT2D eigenvalue weighted by molar-refractivity contribution is 6.30. The van der Waals surface area contributed by atoms with E-state index in [2.05, 4.69) is 4.90 Å². The molecule has 6 rings (SSSR count). The fourth-order valence-electron chi connectivity index (χ4n) is 5.05. The van der Waals surface area contributed by atoms with Crippen LogP contribution in [0.1, 0.15) is 23.3 Å². The maximum Gasteiger partial charge on any atom is 0.490 e. The SMILES string of the molecule is O=C(O)C(F)(F)F.O=C1c2cc(-c3ccc(Cl)cc3)cn2CCN1c1ccc2c(c1)oc(=O)n2CCN1CCCC1. The van der Waals surface area contributed by atoms with Gasteiger partial charge in [0.15, 0.2) is 5.58 Å². The first-order valence-electron chi connectivity index (χ1n) is 12.9. The van der Waals surface area contributed by atoms with Crippen molar-refractivity contribution in [1.29, 1.82) is 0 Å². The number of fused-ring (bicyclic) bond motifs is 2. The number of likely N-dealkylation sites (tertiary alicyclic amines) is 1. The Morgan fingerprint density at radius 2 is 1.61 bits per heavy atom. The summed E-state index contributed by atoms with van der Waals surface area (Å²) in [7, 11) is 0. The minimum Gasteiger partial charge on any atom is -0.475 e. The topological polar surface area (TPSA) is 101 Å². The van der Waals surface area contributed by atoms with Crippen LogP contribution in [0.15, 0.2) is 63.9 Å². The molecule has 0 unspecified atom stereocenters. The largest absolute Gasteiger partial charge is 0.490 e. The molecule has 9 nitrogen and oxygen atoms in total. The van der Waals surface area contributed by atoms with Crippen molar-refractivity contribution < 1.29 is 32.3 Å². The third-order valence-electron chi connectivity index (χ3n) is 7.15. The molecule has 41 heavy (non-hydrogen) atoms. The van der Waals surface area contributed by atoms with Crippen molar-refractivity contribution >= 4 is 40.3 Å². The van der Waals surface area contributed by atoms with Crippen LogP contribution in [0.3, 0.4) is 0 Å². The van der Waals surface area contributed by atoms with Gasteiger partial charge in [-0.05, 0) is 61.8 Å². The van der Waals surface area contributed by atoms with E-state index in [9.17, 15) is 22.8 Å². The van der Waals surface area contributed by atoms with Crippen LogP contribution >= 0.6 is 11.6 Å². The number of hydrogen-bond donors (Lipinski definition) is 1. The van der Waals surface area contributed by atoms with Gasteiger partial charge in [-0.15, -0.1) is 0 Å². The predicted octanol–water partition coefficient (Wildman–Crippen LogP) is 5.11. The summed E-state index contributed by atoms with van der Waals surface area (Å²) in [6.45, 7) is 4.86. The second kappa shape index (κ2) is 11.5. The Balaban J connectivity index is 0.000000431. The molecule has 2 aliphatic heterocycles. The van der Waals surface area contributed by atoms with Crippen LogP contribution in [0.5, 0.6) is 0 Å². The molecule has 0 radical (unpaired) electrons. The van der Waals surface area contributed by atoms with Crippen LogP contribution < -0.4 is 10.7 Å². The minimum atomic E-state index is -5.08. The van der Waals surface area contributed by atoms with Gasteiger partial charge in [-0.25, -0.2) is 9.59 Å². The van der Waals surface area contributed by atoms with Gasteiger partial charge in [0.05, 0.1) is 5.52 Å². The number of benzene rings is 2. The quantitative estimate of drug-likeness (QED) is 0.347. The highest BCUT2D eigenvalue weighted by Gasteiger charge is 2.38. The average Bonchev–Trinajstić information content (AvgIpc) is 3.66. The van der Waals surface area contributed by atoms with Crippen LogP contribution in [0.4, 0.5) is 18.9 Å². The molecule has 4 heterocycles. The highest BCUT2D eigenvalue weighted by atomic mass is 35.5. The summed E-state index contributed by atoms with van der Waals surface area (Å²) < 4.78 is 41.0.